The minimum atomic E-state index is -3.50. The molecular weight excluding hydrogens is 446 g/mol. The molecule has 2 aliphatic heterocycles. The van der Waals surface area contributed by atoms with Gasteiger partial charge in [-0.3, -0.25) is 4.79 Å². The lowest BCUT2D eigenvalue weighted by atomic mass is 10.2. The number of hydrogen-bond acceptors (Lipinski definition) is 7. The molecule has 0 unspecified atom stereocenters. The van der Waals surface area contributed by atoms with Crippen molar-refractivity contribution in [1.82, 2.24) is 19.3 Å². The van der Waals surface area contributed by atoms with Crippen LogP contribution in [0.15, 0.2) is 41.3 Å². The van der Waals surface area contributed by atoms with Gasteiger partial charge in [-0.2, -0.15) is 4.31 Å². The summed E-state index contributed by atoms with van der Waals surface area (Å²) >= 11 is 0. The van der Waals surface area contributed by atoms with Crippen molar-refractivity contribution < 1.29 is 22.7 Å². The molecule has 3 heterocycles. The normalized spacial score (nSPS) is 16.2. The SMILES string of the molecule is O=C(CCCn1nnc2cc(S(=O)(=O)N3CCCC3)ccc21)Nc1ccc2c(c1)OCCO2. The second kappa shape index (κ2) is 8.99. The molecule has 5 rings (SSSR count). The third-order valence-corrected chi connectivity index (χ3v) is 7.68. The fourth-order valence-corrected chi connectivity index (χ4v) is 5.63. The van der Waals surface area contributed by atoms with E-state index in [9.17, 15) is 13.2 Å². The number of sulfonamides is 1. The van der Waals surface area contributed by atoms with Gasteiger partial charge in [-0.05, 0) is 49.6 Å². The molecule has 174 valence electrons. The number of benzene rings is 2. The quantitative estimate of drug-likeness (QED) is 0.563. The van der Waals surface area contributed by atoms with Crippen LogP contribution in [-0.2, 0) is 21.4 Å². The zero-order chi connectivity index (χ0) is 22.8. The predicted molar refractivity (Wildman–Crippen MR) is 121 cm³/mol. The summed E-state index contributed by atoms with van der Waals surface area (Å²) in [6.45, 7) is 2.61. The van der Waals surface area contributed by atoms with E-state index in [4.69, 9.17) is 9.47 Å². The molecule has 2 aromatic carbocycles. The maximum absolute atomic E-state index is 12.8. The number of aryl methyl sites for hydroxylation is 1. The first kappa shape index (κ1) is 21.7. The number of carbonyl (C=O) groups is 1. The molecule has 0 spiro atoms. The summed E-state index contributed by atoms with van der Waals surface area (Å²) in [5.41, 5.74) is 1.92. The van der Waals surface area contributed by atoms with E-state index < -0.39 is 10.0 Å². The Morgan fingerprint density at radius 2 is 1.82 bits per heavy atom. The number of hydrogen-bond donors (Lipinski definition) is 1. The van der Waals surface area contributed by atoms with Crippen LogP contribution in [0.25, 0.3) is 11.0 Å². The highest BCUT2D eigenvalue weighted by atomic mass is 32.2. The Morgan fingerprint density at radius 3 is 2.64 bits per heavy atom. The van der Waals surface area contributed by atoms with Crippen LogP contribution in [0.2, 0.25) is 0 Å². The van der Waals surface area contributed by atoms with Gasteiger partial charge in [-0.25, -0.2) is 13.1 Å². The smallest absolute Gasteiger partial charge is 0.243 e. The Kier molecular flexibility index (Phi) is 5.90. The molecule has 0 aliphatic carbocycles. The Balaban J connectivity index is 1.19. The number of rotatable bonds is 7. The Bertz CT molecular complexity index is 1280. The zero-order valence-electron chi connectivity index (χ0n) is 18.1. The molecule has 1 N–H and O–H groups in total. The first-order valence-electron chi connectivity index (χ1n) is 11.0. The average Bonchev–Trinajstić information content (AvgIpc) is 3.50. The highest BCUT2D eigenvalue weighted by molar-refractivity contribution is 7.89. The van der Waals surface area contributed by atoms with Gasteiger partial charge in [0.25, 0.3) is 0 Å². The summed E-state index contributed by atoms with van der Waals surface area (Å²) in [7, 11) is -3.50. The van der Waals surface area contributed by atoms with E-state index in [0.717, 1.165) is 18.4 Å². The lowest BCUT2D eigenvalue weighted by Gasteiger charge is -2.19. The van der Waals surface area contributed by atoms with Crippen LogP contribution >= 0.6 is 0 Å². The predicted octanol–water partition coefficient (Wildman–Crippen LogP) is 2.41. The molecule has 0 saturated carbocycles. The van der Waals surface area contributed by atoms with Gasteiger partial charge in [-0.15, -0.1) is 5.10 Å². The second-order valence-corrected chi connectivity index (χ2v) is 10.0. The molecule has 1 fully saturated rings. The first-order chi connectivity index (χ1) is 16.0. The molecule has 0 radical (unpaired) electrons. The highest BCUT2D eigenvalue weighted by Gasteiger charge is 2.27. The summed E-state index contributed by atoms with van der Waals surface area (Å²) in [5.74, 6) is 1.18. The van der Waals surface area contributed by atoms with Crippen molar-refractivity contribution in [2.24, 2.45) is 0 Å². The highest BCUT2D eigenvalue weighted by Crippen LogP contribution is 2.32. The van der Waals surface area contributed by atoms with E-state index in [0.29, 0.717) is 68.4 Å². The maximum atomic E-state index is 12.8. The van der Waals surface area contributed by atoms with E-state index in [1.54, 1.807) is 41.1 Å². The fraction of sp³-hybridized carbons (Fsp3) is 0.409. The van der Waals surface area contributed by atoms with E-state index in [2.05, 4.69) is 15.6 Å². The van der Waals surface area contributed by atoms with Gasteiger partial charge in [0.1, 0.15) is 18.7 Å². The summed E-state index contributed by atoms with van der Waals surface area (Å²) in [6.07, 6.45) is 2.64. The minimum absolute atomic E-state index is 0.116. The van der Waals surface area contributed by atoms with Crippen molar-refractivity contribution in [2.45, 2.75) is 37.1 Å². The molecule has 2 aliphatic rings. The summed E-state index contributed by atoms with van der Waals surface area (Å²) in [6, 6.07) is 10.2. The molecule has 3 aromatic rings. The molecule has 1 saturated heterocycles. The lowest BCUT2D eigenvalue weighted by molar-refractivity contribution is -0.116. The molecule has 11 heteroatoms. The van der Waals surface area contributed by atoms with Gasteiger partial charge >= 0.3 is 0 Å². The van der Waals surface area contributed by atoms with E-state index in [1.807, 2.05) is 0 Å². The number of ether oxygens (including phenoxy) is 2. The number of anilines is 1. The third kappa shape index (κ3) is 4.51. The van der Waals surface area contributed by atoms with Crippen molar-refractivity contribution >= 4 is 32.7 Å². The largest absolute Gasteiger partial charge is 0.486 e. The topological polar surface area (TPSA) is 116 Å². The van der Waals surface area contributed by atoms with Gasteiger partial charge in [0.05, 0.1) is 10.4 Å². The van der Waals surface area contributed by atoms with Crippen LogP contribution in [0.3, 0.4) is 0 Å². The van der Waals surface area contributed by atoms with Crippen LogP contribution in [0.1, 0.15) is 25.7 Å². The van der Waals surface area contributed by atoms with Crippen molar-refractivity contribution in [3.63, 3.8) is 0 Å². The molecule has 33 heavy (non-hydrogen) atoms. The van der Waals surface area contributed by atoms with E-state index in [1.165, 1.54) is 4.31 Å². The first-order valence-corrected chi connectivity index (χ1v) is 12.5. The zero-order valence-corrected chi connectivity index (χ0v) is 18.9. The summed E-state index contributed by atoms with van der Waals surface area (Å²) < 4.78 is 39.8. The third-order valence-electron chi connectivity index (χ3n) is 5.79. The van der Waals surface area contributed by atoms with Crippen molar-refractivity contribution in [1.29, 1.82) is 0 Å². The van der Waals surface area contributed by atoms with E-state index >= 15 is 0 Å². The second-order valence-electron chi connectivity index (χ2n) is 8.08. The van der Waals surface area contributed by atoms with Crippen LogP contribution in [0.4, 0.5) is 5.69 Å². The fourth-order valence-electron chi connectivity index (χ4n) is 4.09. The molecule has 1 aromatic heterocycles. The van der Waals surface area contributed by atoms with E-state index in [-0.39, 0.29) is 10.8 Å². The van der Waals surface area contributed by atoms with Crippen LogP contribution in [-0.4, -0.2) is 59.9 Å². The van der Waals surface area contributed by atoms with Crippen LogP contribution < -0.4 is 14.8 Å². The van der Waals surface area contributed by atoms with Gasteiger partial charge in [-0.1, -0.05) is 5.21 Å². The van der Waals surface area contributed by atoms with Gasteiger partial charge in [0, 0.05) is 37.8 Å². The number of nitrogens with one attached hydrogen (secondary N) is 1. The van der Waals surface area contributed by atoms with Crippen LogP contribution in [0, 0.1) is 0 Å². The molecule has 1 amide bonds. The summed E-state index contributed by atoms with van der Waals surface area (Å²) in [4.78, 5) is 12.6. The Hall–Kier alpha value is -3.18. The van der Waals surface area contributed by atoms with Gasteiger partial charge in [0.2, 0.25) is 15.9 Å². The number of aromatic nitrogens is 3. The Morgan fingerprint density at radius 1 is 1.03 bits per heavy atom. The molecule has 0 bridgehead atoms. The van der Waals surface area contributed by atoms with Gasteiger partial charge < -0.3 is 14.8 Å². The number of amides is 1. The number of fused-ring (bicyclic) bond motifs is 2. The summed E-state index contributed by atoms with van der Waals surface area (Å²) in [5, 5.41) is 11.1. The average molecular weight is 472 g/mol. The molecule has 10 nitrogen and oxygen atoms in total. The Labute approximate surface area is 191 Å². The van der Waals surface area contributed by atoms with Crippen LogP contribution in [0.5, 0.6) is 11.5 Å². The van der Waals surface area contributed by atoms with Crippen molar-refractivity contribution in [3.8, 4) is 11.5 Å². The van der Waals surface area contributed by atoms with Crippen molar-refractivity contribution in [2.75, 3.05) is 31.6 Å². The molecular formula is C22H25N5O5S. The monoisotopic (exact) mass is 471 g/mol. The standard InChI is InChI=1S/C22H25N5O5S/c28-22(23-16-5-8-20-21(14-16)32-13-12-31-20)4-3-11-27-19-7-6-17(15-18(19)24-25-27)33(29,30)26-9-1-2-10-26/h5-8,14-15H,1-4,9-13H2,(H,23,28). The maximum Gasteiger partial charge on any atom is 0.243 e. The number of carbonyl (C=O) groups excluding carboxylic acids is 1. The lowest BCUT2D eigenvalue weighted by Crippen LogP contribution is -2.27. The number of nitrogens with zero attached hydrogens (tertiary/aromatic N) is 4. The van der Waals surface area contributed by atoms with Gasteiger partial charge in [0.15, 0.2) is 11.5 Å². The molecule has 0 atom stereocenters. The minimum Gasteiger partial charge on any atom is -0.486 e. The van der Waals surface area contributed by atoms with Crippen molar-refractivity contribution in [3.05, 3.63) is 36.4 Å².